The summed E-state index contributed by atoms with van der Waals surface area (Å²) < 4.78 is 1.86. The molecule has 0 bridgehead atoms. The van der Waals surface area contributed by atoms with Crippen molar-refractivity contribution in [1.29, 1.82) is 0 Å². The Bertz CT molecular complexity index is 507. The van der Waals surface area contributed by atoms with E-state index in [1.165, 1.54) is 0 Å². The van der Waals surface area contributed by atoms with Gasteiger partial charge in [-0.3, -0.25) is 4.68 Å². The fourth-order valence-corrected chi connectivity index (χ4v) is 2.21. The van der Waals surface area contributed by atoms with Gasteiger partial charge in [-0.1, -0.05) is 11.2 Å². The van der Waals surface area contributed by atoms with Gasteiger partial charge in [-0.25, -0.2) is 0 Å². The number of thiophene rings is 1. The second-order valence-corrected chi connectivity index (χ2v) is 4.17. The van der Waals surface area contributed by atoms with E-state index < -0.39 is 0 Å². The van der Waals surface area contributed by atoms with Crippen molar-refractivity contribution >= 4 is 11.3 Å². The molecule has 0 aliphatic rings. The average molecular weight is 233 g/mol. The molecule has 2 aromatic heterocycles. The number of nitrogens with zero attached hydrogens (tertiary/aromatic N) is 5. The van der Waals surface area contributed by atoms with Crippen LogP contribution in [-0.2, 0) is 13.1 Å². The zero-order valence-corrected chi connectivity index (χ0v) is 9.68. The van der Waals surface area contributed by atoms with Gasteiger partial charge in [0.2, 0.25) is 0 Å². The first-order chi connectivity index (χ1) is 7.85. The lowest BCUT2D eigenvalue weighted by Crippen LogP contribution is -1.93. The molecule has 82 valence electrons. The van der Waals surface area contributed by atoms with Crippen LogP contribution in [0.3, 0.4) is 0 Å². The van der Waals surface area contributed by atoms with E-state index >= 15 is 0 Å². The topological polar surface area (TPSA) is 66.6 Å². The molecular formula is C10H11N5S. The monoisotopic (exact) mass is 233 g/mol. The van der Waals surface area contributed by atoms with Gasteiger partial charge < -0.3 is 0 Å². The molecule has 2 heterocycles. The molecule has 0 radical (unpaired) electrons. The number of hydrogen-bond donors (Lipinski definition) is 0. The minimum atomic E-state index is 0.351. The van der Waals surface area contributed by atoms with Crippen LogP contribution in [0.1, 0.15) is 12.5 Å². The minimum absolute atomic E-state index is 0.351. The molecule has 2 rings (SSSR count). The van der Waals surface area contributed by atoms with E-state index in [-0.39, 0.29) is 0 Å². The molecule has 0 aliphatic carbocycles. The maximum Gasteiger partial charge on any atom is 0.106 e. The Morgan fingerprint density at radius 3 is 3.12 bits per heavy atom. The fraction of sp³-hybridized carbons (Fsp3) is 0.300. The molecule has 6 heteroatoms. The fourth-order valence-electron chi connectivity index (χ4n) is 1.47. The Hall–Kier alpha value is -1.78. The molecule has 0 aromatic carbocycles. The predicted octanol–water partition coefficient (Wildman–Crippen LogP) is 3.44. The van der Waals surface area contributed by atoms with Gasteiger partial charge in [0.05, 0.1) is 11.4 Å². The molecule has 0 fully saturated rings. The Balaban J connectivity index is 2.41. The SMILES string of the molecule is CCn1cc(CN=[N+]=[N-])c(-c2cccs2)n1. The maximum atomic E-state index is 8.35. The highest BCUT2D eigenvalue weighted by Crippen LogP contribution is 2.27. The van der Waals surface area contributed by atoms with Crippen LogP contribution >= 0.6 is 11.3 Å². The largest absolute Gasteiger partial charge is 0.272 e. The standard InChI is InChI=1S/C10H11N5S/c1-2-15-7-8(6-12-14-11)10(13-15)9-4-3-5-16-9/h3-5,7H,2,6H2,1H3. The number of rotatable bonds is 4. The lowest BCUT2D eigenvalue weighted by Gasteiger charge is -1.94. The van der Waals surface area contributed by atoms with E-state index in [4.69, 9.17) is 5.53 Å². The van der Waals surface area contributed by atoms with Crippen LogP contribution < -0.4 is 0 Å². The highest BCUT2D eigenvalue weighted by Gasteiger charge is 2.10. The zero-order chi connectivity index (χ0) is 11.4. The maximum absolute atomic E-state index is 8.35. The molecule has 0 aliphatic heterocycles. The first-order valence-electron chi connectivity index (χ1n) is 4.96. The van der Waals surface area contributed by atoms with Crippen LogP contribution in [0.4, 0.5) is 0 Å². The average Bonchev–Trinajstić information content (AvgIpc) is 2.94. The van der Waals surface area contributed by atoms with E-state index in [0.717, 1.165) is 22.7 Å². The Morgan fingerprint density at radius 1 is 1.62 bits per heavy atom. The zero-order valence-electron chi connectivity index (χ0n) is 8.87. The molecule has 0 spiro atoms. The van der Waals surface area contributed by atoms with Gasteiger partial charge in [0.15, 0.2) is 0 Å². The van der Waals surface area contributed by atoms with Crippen LogP contribution in [0.15, 0.2) is 28.8 Å². The molecule has 0 saturated carbocycles. The Kier molecular flexibility index (Phi) is 3.24. The van der Waals surface area contributed by atoms with Crippen molar-refractivity contribution in [2.24, 2.45) is 5.11 Å². The van der Waals surface area contributed by atoms with Crippen molar-refractivity contribution in [1.82, 2.24) is 9.78 Å². The van der Waals surface area contributed by atoms with Gasteiger partial charge in [-0.2, -0.15) is 5.10 Å². The molecule has 0 amide bonds. The first-order valence-corrected chi connectivity index (χ1v) is 5.84. The minimum Gasteiger partial charge on any atom is -0.272 e. The van der Waals surface area contributed by atoms with Crippen molar-refractivity contribution in [2.75, 3.05) is 0 Å². The van der Waals surface area contributed by atoms with Crippen molar-refractivity contribution < 1.29 is 0 Å². The summed E-state index contributed by atoms with van der Waals surface area (Å²) in [5, 5.41) is 10.1. The number of azide groups is 1. The summed E-state index contributed by atoms with van der Waals surface area (Å²) in [5.41, 5.74) is 10.2. The lowest BCUT2D eigenvalue weighted by molar-refractivity contribution is 0.661. The summed E-state index contributed by atoms with van der Waals surface area (Å²) in [4.78, 5) is 3.89. The van der Waals surface area contributed by atoms with Gasteiger partial charge in [-0.05, 0) is 23.9 Å². The molecule has 5 nitrogen and oxygen atoms in total. The van der Waals surface area contributed by atoms with Gasteiger partial charge in [0.1, 0.15) is 5.69 Å². The summed E-state index contributed by atoms with van der Waals surface area (Å²) >= 11 is 1.64. The van der Waals surface area contributed by atoms with Gasteiger partial charge >= 0.3 is 0 Å². The van der Waals surface area contributed by atoms with E-state index in [9.17, 15) is 0 Å². The molecule has 0 unspecified atom stereocenters. The highest BCUT2D eigenvalue weighted by molar-refractivity contribution is 7.13. The molecule has 0 saturated heterocycles. The normalized spacial score (nSPS) is 10.1. The number of aromatic nitrogens is 2. The smallest absolute Gasteiger partial charge is 0.106 e. The molecule has 16 heavy (non-hydrogen) atoms. The second-order valence-electron chi connectivity index (χ2n) is 3.22. The lowest BCUT2D eigenvalue weighted by atomic mass is 10.2. The van der Waals surface area contributed by atoms with Crippen molar-refractivity contribution in [2.45, 2.75) is 20.0 Å². The van der Waals surface area contributed by atoms with E-state index in [2.05, 4.69) is 15.1 Å². The number of hydrogen-bond acceptors (Lipinski definition) is 3. The Morgan fingerprint density at radius 2 is 2.50 bits per heavy atom. The molecule has 2 aromatic rings. The second kappa shape index (κ2) is 4.83. The van der Waals surface area contributed by atoms with Crippen LogP contribution in [0.5, 0.6) is 0 Å². The predicted molar refractivity (Wildman–Crippen MR) is 64.1 cm³/mol. The van der Waals surface area contributed by atoms with Crippen LogP contribution in [0.25, 0.3) is 21.0 Å². The van der Waals surface area contributed by atoms with Gasteiger partial charge in [0.25, 0.3) is 0 Å². The summed E-state index contributed by atoms with van der Waals surface area (Å²) in [6.07, 6.45) is 1.93. The van der Waals surface area contributed by atoms with Crippen molar-refractivity contribution in [3.8, 4) is 10.6 Å². The van der Waals surface area contributed by atoms with E-state index in [1.807, 2.05) is 35.3 Å². The third kappa shape index (κ3) is 2.08. The van der Waals surface area contributed by atoms with Crippen molar-refractivity contribution in [3.63, 3.8) is 0 Å². The molecule has 0 N–H and O–H groups in total. The van der Waals surface area contributed by atoms with Crippen molar-refractivity contribution in [3.05, 3.63) is 39.7 Å². The summed E-state index contributed by atoms with van der Waals surface area (Å²) in [6.45, 7) is 3.20. The summed E-state index contributed by atoms with van der Waals surface area (Å²) in [6, 6.07) is 4.01. The van der Waals surface area contributed by atoms with Crippen LogP contribution in [0, 0.1) is 0 Å². The molecule has 0 atom stereocenters. The quantitative estimate of drug-likeness (QED) is 0.453. The first kappa shape index (κ1) is 10.7. The third-order valence-corrected chi connectivity index (χ3v) is 3.10. The summed E-state index contributed by atoms with van der Waals surface area (Å²) in [5.74, 6) is 0. The highest BCUT2D eigenvalue weighted by atomic mass is 32.1. The van der Waals surface area contributed by atoms with E-state index in [1.54, 1.807) is 11.3 Å². The van der Waals surface area contributed by atoms with Gasteiger partial charge in [-0.15, -0.1) is 11.3 Å². The van der Waals surface area contributed by atoms with E-state index in [0.29, 0.717) is 6.54 Å². The summed E-state index contributed by atoms with van der Waals surface area (Å²) in [7, 11) is 0. The third-order valence-electron chi connectivity index (χ3n) is 2.22. The Labute approximate surface area is 97.0 Å². The van der Waals surface area contributed by atoms with Crippen LogP contribution in [-0.4, -0.2) is 9.78 Å². The number of aryl methyl sites for hydroxylation is 1. The molecular weight excluding hydrogens is 222 g/mol. The van der Waals surface area contributed by atoms with Gasteiger partial charge in [0, 0.05) is 23.2 Å². The van der Waals surface area contributed by atoms with Crippen LogP contribution in [0.2, 0.25) is 0 Å².